The number of thiophene rings is 1. The van der Waals surface area contributed by atoms with Gasteiger partial charge in [-0.25, -0.2) is 0 Å². The number of carbonyl (C=O) groups is 1. The first-order chi connectivity index (χ1) is 8.31. The van der Waals surface area contributed by atoms with Crippen LogP contribution < -0.4 is 10.6 Å². The molecule has 1 unspecified atom stereocenters. The highest BCUT2D eigenvalue weighted by Crippen LogP contribution is 2.23. The van der Waals surface area contributed by atoms with Gasteiger partial charge in [0, 0.05) is 10.8 Å². The molecule has 0 aliphatic carbocycles. The van der Waals surface area contributed by atoms with Gasteiger partial charge in [0.05, 0.1) is 6.04 Å². The largest absolute Gasteiger partial charge is 0.348 e. The fourth-order valence-electron chi connectivity index (χ4n) is 2.24. The Hall–Kier alpha value is -0.870. The summed E-state index contributed by atoms with van der Waals surface area (Å²) >= 11 is 1.72. The van der Waals surface area contributed by atoms with Crippen molar-refractivity contribution < 1.29 is 4.79 Å². The molecule has 1 saturated heterocycles. The van der Waals surface area contributed by atoms with Crippen molar-refractivity contribution in [1.29, 1.82) is 0 Å². The highest BCUT2D eigenvalue weighted by molar-refractivity contribution is 7.10. The zero-order valence-electron chi connectivity index (χ0n) is 10.2. The van der Waals surface area contributed by atoms with Crippen molar-refractivity contribution in [1.82, 2.24) is 10.6 Å². The van der Waals surface area contributed by atoms with Crippen LogP contribution in [0.1, 0.15) is 37.1 Å². The molecule has 0 bridgehead atoms. The lowest BCUT2D eigenvalue weighted by molar-refractivity contribution is -0.126. The van der Waals surface area contributed by atoms with Crippen molar-refractivity contribution in [3.05, 3.63) is 22.4 Å². The Morgan fingerprint density at radius 1 is 1.59 bits per heavy atom. The maximum absolute atomic E-state index is 12.1. The number of rotatable bonds is 4. The molecule has 1 aromatic rings. The number of carbonyl (C=O) groups excluding carboxylic acids is 1. The maximum Gasteiger partial charge on any atom is 0.223 e. The summed E-state index contributed by atoms with van der Waals surface area (Å²) in [5.74, 6) is 0.428. The van der Waals surface area contributed by atoms with Crippen molar-refractivity contribution in [3.8, 4) is 0 Å². The fraction of sp³-hybridized carbons (Fsp3) is 0.615. The molecule has 1 aliphatic rings. The third-order valence-electron chi connectivity index (χ3n) is 3.32. The van der Waals surface area contributed by atoms with Crippen LogP contribution in [-0.4, -0.2) is 19.0 Å². The number of piperidine rings is 1. The summed E-state index contributed by atoms with van der Waals surface area (Å²) in [4.78, 5) is 13.4. The zero-order chi connectivity index (χ0) is 12.1. The molecule has 3 nitrogen and oxygen atoms in total. The topological polar surface area (TPSA) is 41.1 Å². The van der Waals surface area contributed by atoms with Crippen LogP contribution in [0.4, 0.5) is 0 Å². The Labute approximate surface area is 107 Å². The van der Waals surface area contributed by atoms with Crippen LogP contribution in [-0.2, 0) is 4.79 Å². The molecule has 2 N–H and O–H groups in total. The van der Waals surface area contributed by atoms with E-state index < -0.39 is 0 Å². The molecular formula is C13H20N2OS. The number of hydrogen-bond donors (Lipinski definition) is 2. The molecule has 2 heterocycles. The molecular weight excluding hydrogens is 232 g/mol. The standard InChI is InChI=1S/C13H20N2OS/c1-2-11(12-4-3-9-17-12)15-13(16)10-5-7-14-8-6-10/h3-4,9-11,14H,2,5-8H2,1H3,(H,15,16). The van der Waals surface area contributed by atoms with E-state index >= 15 is 0 Å². The lowest BCUT2D eigenvalue weighted by Gasteiger charge is -2.24. The summed E-state index contributed by atoms with van der Waals surface area (Å²) in [5, 5.41) is 8.53. The third-order valence-corrected chi connectivity index (χ3v) is 4.31. The Balaban J connectivity index is 1.92. The normalized spacial score (nSPS) is 18.9. The minimum Gasteiger partial charge on any atom is -0.348 e. The monoisotopic (exact) mass is 252 g/mol. The van der Waals surface area contributed by atoms with E-state index in [1.54, 1.807) is 11.3 Å². The summed E-state index contributed by atoms with van der Waals surface area (Å²) in [6, 6.07) is 4.33. The van der Waals surface area contributed by atoms with Crippen molar-refractivity contribution >= 4 is 17.2 Å². The summed E-state index contributed by atoms with van der Waals surface area (Å²) in [6.07, 6.45) is 2.89. The van der Waals surface area contributed by atoms with Crippen molar-refractivity contribution in [2.24, 2.45) is 5.92 Å². The molecule has 4 heteroatoms. The summed E-state index contributed by atoms with van der Waals surface area (Å²) in [7, 11) is 0. The first kappa shape index (κ1) is 12.6. The van der Waals surface area contributed by atoms with Crippen LogP contribution in [0.15, 0.2) is 17.5 Å². The van der Waals surface area contributed by atoms with Crippen LogP contribution >= 0.6 is 11.3 Å². The van der Waals surface area contributed by atoms with Crippen LogP contribution in [0.3, 0.4) is 0 Å². The van der Waals surface area contributed by atoms with Gasteiger partial charge in [0.1, 0.15) is 0 Å². The second-order valence-corrected chi connectivity index (χ2v) is 5.49. The SMILES string of the molecule is CCC(NC(=O)C1CCNCC1)c1cccs1. The van der Waals surface area contributed by atoms with E-state index in [0.29, 0.717) is 0 Å². The third kappa shape index (κ3) is 3.30. The van der Waals surface area contributed by atoms with Crippen molar-refractivity contribution in [3.63, 3.8) is 0 Å². The quantitative estimate of drug-likeness (QED) is 0.863. The van der Waals surface area contributed by atoms with Gasteiger partial charge in [-0.1, -0.05) is 13.0 Å². The Bertz CT molecular complexity index is 344. The number of amides is 1. The van der Waals surface area contributed by atoms with Gasteiger partial charge in [0.2, 0.25) is 5.91 Å². The lowest BCUT2D eigenvalue weighted by atomic mass is 9.96. The second kappa shape index (κ2) is 6.17. The minimum absolute atomic E-state index is 0.192. The predicted molar refractivity (Wildman–Crippen MR) is 71.1 cm³/mol. The van der Waals surface area contributed by atoms with E-state index in [-0.39, 0.29) is 17.9 Å². The molecule has 94 valence electrons. The van der Waals surface area contributed by atoms with Gasteiger partial charge in [-0.05, 0) is 43.8 Å². The predicted octanol–water partition coefficient (Wildman–Crippen LogP) is 2.31. The van der Waals surface area contributed by atoms with Crippen molar-refractivity contribution in [2.45, 2.75) is 32.2 Å². The van der Waals surface area contributed by atoms with Crippen LogP contribution in [0.5, 0.6) is 0 Å². The molecule has 1 aromatic heterocycles. The van der Waals surface area contributed by atoms with Gasteiger partial charge < -0.3 is 10.6 Å². The fourth-order valence-corrected chi connectivity index (χ4v) is 3.10. The maximum atomic E-state index is 12.1. The van der Waals surface area contributed by atoms with Gasteiger partial charge in [0.15, 0.2) is 0 Å². The molecule has 0 aromatic carbocycles. The molecule has 1 amide bonds. The summed E-state index contributed by atoms with van der Waals surface area (Å²) in [5.41, 5.74) is 0. The zero-order valence-corrected chi connectivity index (χ0v) is 11.1. The average Bonchev–Trinajstić information content (AvgIpc) is 2.90. The van der Waals surface area contributed by atoms with E-state index in [1.165, 1.54) is 4.88 Å². The van der Waals surface area contributed by atoms with Gasteiger partial charge in [-0.3, -0.25) is 4.79 Å². The van der Waals surface area contributed by atoms with E-state index in [1.807, 2.05) is 6.07 Å². The first-order valence-electron chi connectivity index (χ1n) is 6.35. The number of hydrogen-bond acceptors (Lipinski definition) is 3. The van der Waals surface area contributed by atoms with E-state index in [0.717, 1.165) is 32.4 Å². The highest BCUT2D eigenvalue weighted by atomic mass is 32.1. The average molecular weight is 252 g/mol. The molecule has 0 spiro atoms. The van der Waals surface area contributed by atoms with Gasteiger partial charge in [0.25, 0.3) is 0 Å². The highest BCUT2D eigenvalue weighted by Gasteiger charge is 2.23. The summed E-state index contributed by atoms with van der Waals surface area (Å²) < 4.78 is 0. The second-order valence-electron chi connectivity index (χ2n) is 4.51. The lowest BCUT2D eigenvalue weighted by Crippen LogP contribution is -2.39. The van der Waals surface area contributed by atoms with Gasteiger partial charge in [-0.2, -0.15) is 0 Å². The van der Waals surface area contributed by atoms with Gasteiger partial charge in [-0.15, -0.1) is 11.3 Å². The van der Waals surface area contributed by atoms with Crippen LogP contribution in [0.25, 0.3) is 0 Å². The first-order valence-corrected chi connectivity index (χ1v) is 7.23. The van der Waals surface area contributed by atoms with Crippen molar-refractivity contribution in [2.75, 3.05) is 13.1 Å². The molecule has 2 rings (SSSR count). The van der Waals surface area contributed by atoms with E-state index in [2.05, 4.69) is 29.0 Å². The summed E-state index contributed by atoms with van der Waals surface area (Å²) in [6.45, 7) is 4.05. The Morgan fingerprint density at radius 2 is 2.35 bits per heavy atom. The smallest absolute Gasteiger partial charge is 0.223 e. The van der Waals surface area contributed by atoms with E-state index in [4.69, 9.17) is 0 Å². The van der Waals surface area contributed by atoms with Crippen LogP contribution in [0, 0.1) is 5.92 Å². The Kier molecular flexibility index (Phi) is 4.57. The molecule has 1 fully saturated rings. The molecule has 17 heavy (non-hydrogen) atoms. The number of nitrogens with one attached hydrogen (secondary N) is 2. The van der Waals surface area contributed by atoms with Gasteiger partial charge >= 0.3 is 0 Å². The molecule has 0 radical (unpaired) electrons. The van der Waals surface area contributed by atoms with E-state index in [9.17, 15) is 4.79 Å². The molecule has 1 atom stereocenters. The molecule has 1 aliphatic heterocycles. The molecule has 0 saturated carbocycles. The minimum atomic E-state index is 0.192. The van der Waals surface area contributed by atoms with Crippen LogP contribution in [0.2, 0.25) is 0 Å². The Morgan fingerprint density at radius 3 is 2.94 bits per heavy atom.